The van der Waals surface area contributed by atoms with Crippen molar-refractivity contribution >= 4 is 29.0 Å². The van der Waals surface area contributed by atoms with Crippen LogP contribution in [0, 0.1) is 0 Å². The van der Waals surface area contributed by atoms with Gasteiger partial charge in [0.25, 0.3) is 5.91 Å². The molecule has 1 amide bonds. The quantitative estimate of drug-likeness (QED) is 0.839. The predicted molar refractivity (Wildman–Crippen MR) is 88.9 cm³/mol. The molecule has 0 unspecified atom stereocenters. The van der Waals surface area contributed by atoms with Gasteiger partial charge in [-0.1, -0.05) is 37.6 Å². The number of amides is 1. The molecular weight excluding hydrogens is 278 g/mol. The lowest BCUT2D eigenvalue weighted by atomic mass is 10.1. The summed E-state index contributed by atoms with van der Waals surface area (Å²) in [5.41, 5.74) is 5.05. The molecule has 0 atom stereocenters. The fourth-order valence-electron chi connectivity index (χ4n) is 2.39. The Hall–Kier alpha value is -2.13. The number of carbonyl (C=O) groups is 1. The standard InChI is InChI=1S/C18H17NOS/c1-2-3-13-4-6-15(7-5-13)17-11-16(18(20)19-17)10-14-8-9-21-12-14/h4-12H,2-3H2,1H3,(H,19,20). The fraction of sp³-hybridized carbons (Fsp3) is 0.167. The molecule has 0 saturated carbocycles. The Morgan fingerprint density at radius 3 is 2.67 bits per heavy atom. The number of nitrogens with one attached hydrogen (secondary N) is 1. The van der Waals surface area contributed by atoms with Gasteiger partial charge in [0.15, 0.2) is 0 Å². The van der Waals surface area contributed by atoms with Gasteiger partial charge in [-0.25, -0.2) is 0 Å². The maximum absolute atomic E-state index is 12.0. The highest BCUT2D eigenvalue weighted by Gasteiger charge is 2.18. The minimum atomic E-state index is -0.0335. The summed E-state index contributed by atoms with van der Waals surface area (Å²) in [4.78, 5) is 12.0. The van der Waals surface area contributed by atoms with E-state index >= 15 is 0 Å². The van der Waals surface area contributed by atoms with E-state index in [9.17, 15) is 4.79 Å². The summed E-state index contributed by atoms with van der Waals surface area (Å²) >= 11 is 1.63. The van der Waals surface area contributed by atoms with Crippen LogP contribution in [0.3, 0.4) is 0 Å². The Kier molecular flexibility index (Phi) is 4.02. The molecule has 0 bridgehead atoms. The van der Waals surface area contributed by atoms with E-state index < -0.39 is 0 Å². The SMILES string of the molecule is CCCc1ccc(C2=CC(=Cc3ccsc3)C(=O)N2)cc1. The molecule has 1 aliphatic rings. The Bertz CT molecular complexity index is 693. The smallest absolute Gasteiger partial charge is 0.255 e. The molecule has 0 aliphatic carbocycles. The van der Waals surface area contributed by atoms with E-state index in [1.165, 1.54) is 5.56 Å². The van der Waals surface area contributed by atoms with Crippen molar-refractivity contribution in [2.45, 2.75) is 19.8 Å². The summed E-state index contributed by atoms with van der Waals surface area (Å²) in [6.07, 6.45) is 6.08. The van der Waals surface area contributed by atoms with Gasteiger partial charge in [-0.15, -0.1) is 0 Å². The maximum Gasteiger partial charge on any atom is 0.255 e. The normalized spacial score (nSPS) is 16.1. The average molecular weight is 295 g/mol. The second kappa shape index (κ2) is 6.10. The van der Waals surface area contributed by atoms with E-state index in [1.807, 2.05) is 29.0 Å². The number of benzene rings is 1. The van der Waals surface area contributed by atoms with Gasteiger partial charge in [0.05, 0.1) is 0 Å². The van der Waals surface area contributed by atoms with Crippen LogP contribution in [-0.2, 0) is 11.2 Å². The molecule has 1 aromatic carbocycles. The topological polar surface area (TPSA) is 29.1 Å². The van der Waals surface area contributed by atoms with E-state index in [0.29, 0.717) is 5.57 Å². The van der Waals surface area contributed by atoms with E-state index in [1.54, 1.807) is 11.3 Å². The minimum Gasteiger partial charge on any atom is -0.321 e. The molecule has 3 rings (SSSR count). The van der Waals surface area contributed by atoms with E-state index in [-0.39, 0.29) is 5.91 Å². The zero-order valence-electron chi connectivity index (χ0n) is 11.9. The lowest BCUT2D eigenvalue weighted by Gasteiger charge is -2.04. The van der Waals surface area contributed by atoms with Gasteiger partial charge in [0.1, 0.15) is 0 Å². The monoisotopic (exact) mass is 295 g/mol. The fourth-order valence-corrected chi connectivity index (χ4v) is 3.01. The Balaban J connectivity index is 1.84. The molecule has 0 radical (unpaired) electrons. The largest absolute Gasteiger partial charge is 0.321 e. The average Bonchev–Trinajstić information content (AvgIpc) is 3.11. The number of rotatable bonds is 4. The highest BCUT2D eigenvalue weighted by molar-refractivity contribution is 7.08. The Labute approximate surface area is 128 Å². The third-order valence-corrected chi connectivity index (χ3v) is 4.18. The molecule has 0 fully saturated rings. The molecular formula is C18H17NOS. The van der Waals surface area contributed by atoms with Gasteiger partial charge >= 0.3 is 0 Å². The van der Waals surface area contributed by atoms with Gasteiger partial charge in [-0.05, 0) is 52.1 Å². The van der Waals surface area contributed by atoms with E-state index in [0.717, 1.165) is 29.7 Å². The zero-order valence-corrected chi connectivity index (χ0v) is 12.7. The van der Waals surface area contributed by atoms with E-state index in [4.69, 9.17) is 0 Å². The molecule has 106 valence electrons. The summed E-state index contributed by atoms with van der Waals surface area (Å²) in [5.74, 6) is -0.0335. The van der Waals surface area contributed by atoms with Crippen LogP contribution in [0.25, 0.3) is 11.8 Å². The number of hydrogen-bond donors (Lipinski definition) is 1. The third-order valence-electron chi connectivity index (χ3n) is 3.48. The second-order valence-electron chi connectivity index (χ2n) is 5.12. The first kappa shape index (κ1) is 13.8. The number of hydrogen-bond acceptors (Lipinski definition) is 2. The summed E-state index contributed by atoms with van der Waals surface area (Å²) < 4.78 is 0. The van der Waals surface area contributed by atoms with Crippen LogP contribution in [0.4, 0.5) is 0 Å². The van der Waals surface area contributed by atoms with Crippen molar-refractivity contribution < 1.29 is 4.79 Å². The van der Waals surface area contributed by atoms with Crippen LogP contribution in [0.5, 0.6) is 0 Å². The lowest BCUT2D eigenvalue weighted by molar-refractivity contribution is -0.115. The number of carbonyl (C=O) groups excluding carboxylic acids is 1. The summed E-state index contributed by atoms with van der Waals surface area (Å²) in [6.45, 7) is 2.18. The van der Waals surface area contributed by atoms with Gasteiger partial charge in [-0.3, -0.25) is 4.79 Å². The highest BCUT2D eigenvalue weighted by atomic mass is 32.1. The first-order valence-corrected chi connectivity index (χ1v) is 8.07. The molecule has 1 N–H and O–H groups in total. The van der Waals surface area contributed by atoms with Crippen LogP contribution in [0.15, 0.2) is 52.7 Å². The lowest BCUT2D eigenvalue weighted by Crippen LogP contribution is -2.15. The van der Waals surface area contributed by atoms with Crippen molar-refractivity contribution in [2.75, 3.05) is 0 Å². The van der Waals surface area contributed by atoms with E-state index in [2.05, 4.69) is 36.5 Å². The summed E-state index contributed by atoms with van der Waals surface area (Å²) in [7, 11) is 0. The van der Waals surface area contributed by atoms with Crippen molar-refractivity contribution in [3.63, 3.8) is 0 Å². The van der Waals surface area contributed by atoms with Gasteiger partial charge < -0.3 is 5.32 Å². The van der Waals surface area contributed by atoms with Gasteiger partial charge in [0.2, 0.25) is 0 Å². The second-order valence-corrected chi connectivity index (χ2v) is 5.90. The van der Waals surface area contributed by atoms with Crippen molar-refractivity contribution in [3.8, 4) is 0 Å². The molecule has 21 heavy (non-hydrogen) atoms. The van der Waals surface area contributed by atoms with Crippen LogP contribution in [0.1, 0.15) is 30.0 Å². The van der Waals surface area contributed by atoms with Gasteiger partial charge in [0, 0.05) is 11.3 Å². The molecule has 0 saturated heterocycles. The van der Waals surface area contributed by atoms with Crippen LogP contribution in [0.2, 0.25) is 0 Å². The molecule has 1 aromatic heterocycles. The van der Waals surface area contributed by atoms with Crippen molar-refractivity contribution in [2.24, 2.45) is 0 Å². The first-order chi connectivity index (χ1) is 10.3. The maximum atomic E-state index is 12.0. The molecule has 2 nitrogen and oxygen atoms in total. The Morgan fingerprint density at radius 2 is 2.00 bits per heavy atom. The molecule has 3 heteroatoms. The minimum absolute atomic E-state index is 0.0335. The van der Waals surface area contributed by atoms with Crippen molar-refractivity contribution in [1.29, 1.82) is 0 Å². The van der Waals surface area contributed by atoms with Gasteiger partial charge in [-0.2, -0.15) is 11.3 Å². The summed E-state index contributed by atoms with van der Waals surface area (Å²) in [6, 6.07) is 10.4. The first-order valence-electron chi connectivity index (χ1n) is 7.12. The molecule has 0 spiro atoms. The van der Waals surface area contributed by atoms with Crippen molar-refractivity contribution in [3.05, 3.63) is 69.4 Å². The molecule has 2 heterocycles. The predicted octanol–water partition coefficient (Wildman–Crippen LogP) is 4.25. The number of aryl methyl sites for hydroxylation is 1. The highest BCUT2D eigenvalue weighted by Crippen LogP contribution is 2.23. The van der Waals surface area contributed by atoms with Crippen molar-refractivity contribution in [1.82, 2.24) is 5.32 Å². The summed E-state index contributed by atoms with van der Waals surface area (Å²) in [5, 5.41) is 6.99. The van der Waals surface area contributed by atoms with Crippen LogP contribution in [-0.4, -0.2) is 5.91 Å². The third kappa shape index (κ3) is 3.14. The Morgan fingerprint density at radius 1 is 1.19 bits per heavy atom. The molecule has 1 aliphatic heterocycles. The molecule has 2 aromatic rings. The van der Waals surface area contributed by atoms with Crippen LogP contribution < -0.4 is 5.32 Å². The zero-order chi connectivity index (χ0) is 14.7. The van der Waals surface area contributed by atoms with Crippen LogP contribution >= 0.6 is 11.3 Å². The number of thiophene rings is 1.